The second-order valence-corrected chi connectivity index (χ2v) is 11.4. The van der Waals surface area contributed by atoms with Gasteiger partial charge in [-0.15, -0.1) is 11.6 Å². The third-order valence-corrected chi connectivity index (χ3v) is 7.63. The molecule has 37 heavy (non-hydrogen) atoms. The van der Waals surface area contributed by atoms with Gasteiger partial charge in [-0.2, -0.15) is 0 Å². The molecule has 4 heteroatoms. The fraction of sp³-hybridized carbons (Fsp3) is 0.515. The Bertz CT molecular complexity index is 1020. The van der Waals surface area contributed by atoms with Gasteiger partial charge in [0, 0.05) is 18.0 Å². The highest BCUT2D eigenvalue weighted by molar-refractivity contribution is 6.20. The number of nitrogens with zero attached hydrogens (tertiary/aromatic N) is 2. The highest BCUT2D eigenvalue weighted by Gasteiger charge is 2.15. The Morgan fingerprint density at radius 1 is 0.730 bits per heavy atom. The van der Waals surface area contributed by atoms with Crippen LogP contribution < -0.4 is 4.74 Å². The normalized spacial score (nSPS) is 13.0. The van der Waals surface area contributed by atoms with Crippen LogP contribution in [0.4, 0.5) is 0 Å². The zero-order valence-corrected chi connectivity index (χ0v) is 24.0. The van der Waals surface area contributed by atoms with Crippen LogP contribution >= 0.6 is 11.6 Å². The van der Waals surface area contributed by atoms with Crippen LogP contribution in [0.15, 0.2) is 60.9 Å². The molecule has 0 N–H and O–H groups in total. The molecule has 3 nitrogen and oxygen atoms in total. The maximum Gasteiger partial charge on any atom is 0.159 e. The minimum Gasteiger partial charge on any atom is -0.492 e. The summed E-state index contributed by atoms with van der Waals surface area (Å²) in [6, 6.07) is 16.7. The van der Waals surface area contributed by atoms with Crippen LogP contribution in [0.25, 0.3) is 22.5 Å². The van der Waals surface area contributed by atoms with Crippen molar-refractivity contribution < 1.29 is 4.74 Å². The van der Waals surface area contributed by atoms with E-state index >= 15 is 0 Å². The standard InChI is InChI=1S/C33H45ClN2O/c1-5-6-7-8-9-13-27-22-35-33(36-23-27)30-16-14-28(15-17-30)29-18-20-31(21-19-29)37-24-32(34)26(4)12-10-11-25(2)3/h14-23,25-26,32H,5-13,24H2,1-4H3. The number of halogens is 1. The number of rotatable bonds is 16. The van der Waals surface area contributed by atoms with Crippen LogP contribution in [0.2, 0.25) is 0 Å². The van der Waals surface area contributed by atoms with Crippen molar-refractivity contribution >= 4 is 11.6 Å². The van der Waals surface area contributed by atoms with Gasteiger partial charge >= 0.3 is 0 Å². The van der Waals surface area contributed by atoms with E-state index in [0.29, 0.717) is 12.5 Å². The van der Waals surface area contributed by atoms with E-state index in [2.05, 4.69) is 74.1 Å². The van der Waals surface area contributed by atoms with Crippen LogP contribution in [0.1, 0.15) is 84.6 Å². The molecule has 0 bridgehead atoms. The van der Waals surface area contributed by atoms with E-state index in [1.165, 1.54) is 50.5 Å². The van der Waals surface area contributed by atoms with Gasteiger partial charge in [0.1, 0.15) is 12.4 Å². The number of benzene rings is 2. The van der Waals surface area contributed by atoms with Crippen LogP contribution in [0.3, 0.4) is 0 Å². The van der Waals surface area contributed by atoms with Crippen LogP contribution in [0.5, 0.6) is 5.75 Å². The van der Waals surface area contributed by atoms with Gasteiger partial charge in [0.25, 0.3) is 0 Å². The van der Waals surface area contributed by atoms with Gasteiger partial charge < -0.3 is 4.74 Å². The lowest BCUT2D eigenvalue weighted by Gasteiger charge is -2.19. The van der Waals surface area contributed by atoms with Gasteiger partial charge in [0.2, 0.25) is 0 Å². The van der Waals surface area contributed by atoms with Gasteiger partial charge in [-0.25, -0.2) is 9.97 Å². The monoisotopic (exact) mass is 520 g/mol. The molecule has 2 unspecified atom stereocenters. The number of aryl methyl sites for hydroxylation is 1. The van der Waals surface area contributed by atoms with E-state index in [0.717, 1.165) is 47.0 Å². The second kappa shape index (κ2) is 15.8. The predicted octanol–water partition coefficient (Wildman–Crippen LogP) is 9.77. The molecule has 0 aliphatic rings. The summed E-state index contributed by atoms with van der Waals surface area (Å²) in [4.78, 5) is 9.22. The van der Waals surface area contributed by atoms with E-state index in [4.69, 9.17) is 16.3 Å². The van der Waals surface area contributed by atoms with Crippen molar-refractivity contribution in [3.8, 4) is 28.3 Å². The Balaban J connectivity index is 1.48. The minimum absolute atomic E-state index is 0.0291. The smallest absolute Gasteiger partial charge is 0.159 e. The molecule has 0 amide bonds. The Labute approximate surface area is 230 Å². The fourth-order valence-electron chi connectivity index (χ4n) is 4.49. The summed E-state index contributed by atoms with van der Waals surface area (Å²) >= 11 is 6.60. The summed E-state index contributed by atoms with van der Waals surface area (Å²) in [6.07, 6.45) is 15.1. The number of aromatic nitrogens is 2. The Hall–Kier alpha value is -2.39. The lowest BCUT2D eigenvalue weighted by molar-refractivity contribution is 0.280. The van der Waals surface area contributed by atoms with E-state index < -0.39 is 0 Å². The largest absolute Gasteiger partial charge is 0.492 e. The molecule has 3 rings (SSSR count). The van der Waals surface area contributed by atoms with Crippen molar-refractivity contribution in [2.75, 3.05) is 6.61 Å². The number of alkyl halides is 1. The molecule has 2 atom stereocenters. The molecular weight excluding hydrogens is 476 g/mol. The molecule has 3 aromatic rings. The Morgan fingerprint density at radius 2 is 1.32 bits per heavy atom. The summed E-state index contributed by atoms with van der Waals surface area (Å²) in [6.45, 7) is 9.56. The summed E-state index contributed by atoms with van der Waals surface area (Å²) in [5, 5.41) is 0.0291. The minimum atomic E-state index is 0.0291. The maximum atomic E-state index is 6.60. The van der Waals surface area contributed by atoms with Crippen molar-refractivity contribution in [3.05, 3.63) is 66.5 Å². The highest BCUT2D eigenvalue weighted by atomic mass is 35.5. The van der Waals surface area contributed by atoms with E-state index in [1.54, 1.807) is 0 Å². The summed E-state index contributed by atoms with van der Waals surface area (Å²) in [5.41, 5.74) is 4.57. The molecule has 0 fully saturated rings. The Morgan fingerprint density at radius 3 is 1.95 bits per heavy atom. The first-order valence-corrected chi connectivity index (χ1v) is 14.7. The van der Waals surface area contributed by atoms with Crippen molar-refractivity contribution in [1.82, 2.24) is 9.97 Å². The molecule has 0 aliphatic carbocycles. The third kappa shape index (κ3) is 10.1. The molecule has 1 aromatic heterocycles. The van der Waals surface area contributed by atoms with Crippen molar-refractivity contribution in [3.63, 3.8) is 0 Å². The molecule has 0 radical (unpaired) electrons. The first kappa shape index (κ1) is 29.2. The molecule has 2 aromatic carbocycles. The first-order valence-electron chi connectivity index (χ1n) is 14.2. The number of hydrogen-bond acceptors (Lipinski definition) is 3. The average molecular weight is 521 g/mol. The average Bonchev–Trinajstić information content (AvgIpc) is 2.92. The van der Waals surface area contributed by atoms with Crippen molar-refractivity contribution in [2.24, 2.45) is 11.8 Å². The van der Waals surface area contributed by atoms with Crippen LogP contribution in [-0.2, 0) is 6.42 Å². The van der Waals surface area contributed by atoms with Crippen LogP contribution in [-0.4, -0.2) is 22.0 Å². The summed E-state index contributed by atoms with van der Waals surface area (Å²) < 4.78 is 5.99. The number of unbranched alkanes of at least 4 members (excludes halogenated alkanes) is 4. The summed E-state index contributed by atoms with van der Waals surface area (Å²) in [5.74, 6) is 2.84. The highest BCUT2D eigenvalue weighted by Crippen LogP contribution is 2.26. The molecule has 0 saturated carbocycles. The topological polar surface area (TPSA) is 35.0 Å². The van der Waals surface area contributed by atoms with Gasteiger partial charge in [0.15, 0.2) is 5.82 Å². The number of ether oxygens (including phenoxy) is 1. The van der Waals surface area contributed by atoms with E-state index in [-0.39, 0.29) is 5.38 Å². The van der Waals surface area contributed by atoms with Gasteiger partial charge in [-0.3, -0.25) is 0 Å². The van der Waals surface area contributed by atoms with E-state index in [1.807, 2.05) is 24.5 Å². The molecule has 0 spiro atoms. The van der Waals surface area contributed by atoms with Crippen LogP contribution in [0, 0.1) is 11.8 Å². The maximum absolute atomic E-state index is 6.60. The number of hydrogen-bond donors (Lipinski definition) is 0. The predicted molar refractivity (Wildman–Crippen MR) is 158 cm³/mol. The second-order valence-electron chi connectivity index (χ2n) is 10.8. The lowest BCUT2D eigenvalue weighted by Crippen LogP contribution is -2.20. The van der Waals surface area contributed by atoms with Gasteiger partial charge in [0.05, 0.1) is 5.38 Å². The van der Waals surface area contributed by atoms with E-state index in [9.17, 15) is 0 Å². The fourth-order valence-corrected chi connectivity index (χ4v) is 4.68. The molecule has 1 heterocycles. The lowest BCUT2D eigenvalue weighted by atomic mass is 9.97. The molecular formula is C33H45ClN2O. The molecule has 200 valence electrons. The SMILES string of the molecule is CCCCCCCc1cnc(-c2ccc(-c3ccc(OCC(Cl)C(C)CCCC(C)C)cc3)cc2)nc1. The van der Waals surface area contributed by atoms with Gasteiger partial charge in [-0.1, -0.05) is 103 Å². The zero-order chi connectivity index (χ0) is 26.5. The zero-order valence-electron chi connectivity index (χ0n) is 23.3. The van der Waals surface area contributed by atoms with Gasteiger partial charge in [-0.05, 0) is 59.9 Å². The van der Waals surface area contributed by atoms with Crippen molar-refractivity contribution in [2.45, 2.75) is 90.9 Å². The quantitative estimate of drug-likeness (QED) is 0.139. The molecule has 0 saturated heterocycles. The summed E-state index contributed by atoms with van der Waals surface area (Å²) in [7, 11) is 0. The molecule has 0 aliphatic heterocycles. The van der Waals surface area contributed by atoms with Crippen molar-refractivity contribution in [1.29, 1.82) is 0 Å². The third-order valence-electron chi connectivity index (χ3n) is 7.07. The Kier molecular flexibility index (Phi) is 12.4. The first-order chi connectivity index (χ1) is 18.0.